The van der Waals surface area contributed by atoms with Crippen molar-refractivity contribution in [2.24, 2.45) is 5.92 Å². The fraction of sp³-hybridized carbons (Fsp3) is 0.286. The molecule has 5 heteroatoms. The second kappa shape index (κ2) is 7.12. The van der Waals surface area contributed by atoms with Gasteiger partial charge in [-0.1, -0.05) is 25.1 Å². The minimum Gasteiger partial charge on any atom is -0.338 e. The Balaban J connectivity index is 1.77. The highest BCUT2D eigenvalue weighted by molar-refractivity contribution is 6.00. The lowest BCUT2D eigenvalue weighted by atomic mass is 9.99. The van der Waals surface area contributed by atoms with Crippen molar-refractivity contribution in [3.8, 4) is 16.9 Å². The van der Waals surface area contributed by atoms with Crippen LogP contribution in [-0.2, 0) is 0 Å². The fourth-order valence-corrected chi connectivity index (χ4v) is 3.50. The van der Waals surface area contributed by atoms with Crippen molar-refractivity contribution < 1.29 is 4.79 Å². The average Bonchev–Trinajstić information content (AvgIpc) is 3.14. The third-order valence-corrected chi connectivity index (χ3v) is 4.84. The number of amides is 1. The Morgan fingerprint density at radius 3 is 2.73 bits per heavy atom. The third kappa shape index (κ3) is 3.25. The smallest absolute Gasteiger partial charge is 0.257 e. The highest BCUT2D eigenvalue weighted by Gasteiger charge is 2.26. The van der Waals surface area contributed by atoms with Gasteiger partial charge < -0.3 is 4.90 Å². The molecule has 1 fully saturated rings. The molecule has 1 atom stereocenters. The normalized spacial score (nSPS) is 17.3. The molecule has 5 nitrogen and oxygen atoms in total. The second-order valence-corrected chi connectivity index (χ2v) is 6.91. The molecular weight excluding hydrogens is 324 g/mol. The molecule has 0 radical (unpaired) electrons. The number of nitrogens with zero attached hydrogens (tertiary/aromatic N) is 4. The maximum absolute atomic E-state index is 13.2. The summed E-state index contributed by atoms with van der Waals surface area (Å²) in [5.74, 6) is 0.594. The number of rotatable bonds is 3. The van der Waals surface area contributed by atoms with Crippen LogP contribution in [0.1, 0.15) is 30.1 Å². The first-order valence-corrected chi connectivity index (χ1v) is 9.07. The predicted molar refractivity (Wildman–Crippen MR) is 101 cm³/mol. The van der Waals surface area contributed by atoms with E-state index in [-0.39, 0.29) is 5.91 Å². The van der Waals surface area contributed by atoms with Gasteiger partial charge in [0.2, 0.25) is 0 Å². The van der Waals surface area contributed by atoms with Gasteiger partial charge in [-0.05, 0) is 43.0 Å². The van der Waals surface area contributed by atoms with E-state index in [4.69, 9.17) is 5.10 Å². The van der Waals surface area contributed by atoms with Crippen molar-refractivity contribution in [3.63, 3.8) is 0 Å². The van der Waals surface area contributed by atoms with E-state index in [0.29, 0.717) is 17.2 Å². The van der Waals surface area contributed by atoms with Gasteiger partial charge in [-0.3, -0.25) is 9.78 Å². The Morgan fingerprint density at radius 1 is 1.15 bits per heavy atom. The van der Waals surface area contributed by atoms with E-state index in [9.17, 15) is 4.79 Å². The van der Waals surface area contributed by atoms with Crippen LogP contribution in [0.4, 0.5) is 0 Å². The van der Waals surface area contributed by atoms with Gasteiger partial charge in [-0.2, -0.15) is 5.10 Å². The van der Waals surface area contributed by atoms with Gasteiger partial charge in [0, 0.05) is 37.2 Å². The fourth-order valence-electron chi connectivity index (χ4n) is 3.50. The van der Waals surface area contributed by atoms with E-state index < -0.39 is 0 Å². The molecule has 1 aliphatic heterocycles. The van der Waals surface area contributed by atoms with E-state index >= 15 is 0 Å². The summed E-state index contributed by atoms with van der Waals surface area (Å²) in [6.45, 7) is 3.82. The van der Waals surface area contributed by atoms with E-state index in [1.54, 1.807) is 17.1 Å². The molecule has 0 spiro atoms. The molecule has 3 aromatic rings. The summed E-state index contributed by atoms with van der Waals surface area (Å²) in [6, 6.07) is 13.7. The van der Waals surface area contributed by atoms with Gasteiger partial charge >= 0.3 is 0 Å². The van der Waals surface area contributed by atoms with Crippen LogP contribution < -0.4 is 0 Å². The monoisotopic (exact) mass is 346 g/mol. The Hall–Kier alpha value is -2.95. The van der Waals surface area contributed by atoms with Crippen molar-refractivity contribution in [3.05, 3.63) is 66.6 Å². The minimum atomic E-state index is 0.0533. The number of carbonyl (C=O) groups excluding carboxylic acids is 1. The zero-order valence-corrected chi connectivity index (χ0v) is 14.9. The van der Waals surface area contributed by atoms with Crippen molar-refractivity contribution in [1.82, 2.24) is 19.7 Å². The number of piperidine rings is 1. The second-order valence-electron chi connectivity index (χ2n) is 6.91. The van der Waals surface area contributed by atoms with Gasteiger partial charge in [0.25, 0.3) is 5.91 Å². The summed E-state index contributed by atoms with van der Waals surface area (Å²) >= 11 is 0. The Kier molecular flexibility index (Phi) is 4.52. The van der Waals surface area contributed by atoms with Gasteiger partial charge in [-0.15, -0.1) is 0 Å². The summed E-state index contributed by atoms with van der Waals surface area (Å²) in [4.78, 5) is 19.4. The van der Waals surface area contributed by atoms with Crippen molar-refractivity contribution in [1.29, 1.82) is 0 Å². The number of carbonyl (C=O) groups is 1. The zero-order chi connectivity index (χ0) is 17.9. The van der Waals surface area contributed by atoms with Gasteiger partial charge in [0.05, 0.1) is 11.3 Å². The Bertz CT molecular complexity index is 889. The summed E-state index contributed by atoms with van der Waals surface area (Å²) < 4.78 is 1.78. The van der Waals surface area contributed by atoms with Gasteiger partial charge in [0.15, 0.2) is 0 Å². The van der Waals surface area contributed by atoms with Crippen LogP contribution in [-0.4, -0.2) is 38.7 Å². The van der Waals surface area contributed by atoms with Crippen LogP contribution in [0.15, 0.2) is 61.1 Å². The van der Waals surface area contributed by atoms with Crippen LogP contribution in [0.3, 0.4) is 0 Å². The lowest BCUT2D eigenvalue weighted by Gasteiger charge is -2.30. The number of para-hydroxylation sites is 1. The quantitative estimate of drug-likeness (QED) is 0.725. The van der Waals surface area contributed by atoms with Crippen LogP contribution in [0.25, 0.3) is 16.9 Å². The largest absolute Gasteiger partial charge is 0.338 e. The first kappa shape index (κ1) is 16.5. The summed E-state index contributed by atoms with van der Waals surface area (Å²) in [7, 11) is 0. The lowest BCUT2D eigenvalue weighted by Crippen LogP contribution is -2.39. The number of hydrogen-bond donors (Lipinski definition) is 0. The van der Waals surface area contributed by atoms with Crippen LogP contribution >= 0.6 is 0 Å². The highest BCUT2D eigenvalue weighted by Crippen LogP contribution is 2.26. The van der Waals surface area contributed by atoms with Crippen molar-refractivity contribution in [2.75, 3.05) is 13.1 Å². The maximum Gasteiger partial charge on any atom is 0.257 e. The first-order valence-electron chi connectivity index (χ1n) is 9.07. The van der Waals surface area contributed by atoms with E-state index in [2.05, 4.69) is 11.9 Å². The molecule has 1 aliphatic rings. The van der Waals surface area contributed by atoms with E-state index in [1.807, 2.05) is 53.6 Å². The molecule has 0 unspecified atom stereocenters. The summed E-state index contributed by atoms with van der Waals surface area (Å²) in [5.41, 5.74) is 3.11. The highest BCUT2D eigenvalue weighted by atomic mass is 16.2. The molecule has 26 heavy (non-hydrogen) atoms. The minimum absolute atomic E-state index is 0.0533. The standard InChI is InChI=1S/C21H22N4O/c1-16-7-6-12-24(14-16)21(26)19-15-25(18-9-3-2-4-10-18)23-20(19)17-8-5-11-22-13-17/h2-5,8-11,13,15-16H,6-7,12,14H2,1H3/t16-/m0/s1. The zero-order valence-electron chi connectivity index (χ0n) is 14.9. The number of aromatic nitrogens is 3. The van der Waals surface area contributed by atoms with Crippen molar-refractivity contribution in [2.45, 2.75) is 19.8 Å². The summed E-state index contributed by atoms with van der Waals surface area (Å²) in [6.07, 6.45) is 7.57. The molecule has 1 aromatic carbocycles. The average molecular weight is 346 g/mol. The third-order valence-electron chi connectivity index (χ3n) is 4.84. The Labute approximate surface area is 153 Å². The molecule has 0 bridgehead atoms. The molecule has 0 saturated carbocycles. The molecule has 2 aromatic heterocycles. The molecule has 132 valence electrons. The molecule has 3 heterocycles. The number of benzene rings is 1. The van der Waals surface area contributed by atoms with E-state index in [1.165, 1.54) is 6.42 Å². The number of likely N-dealkylation sites (tertiary alicyclic amines) is 1. The Morgan fingerprint density at radius 2 is 2.00 bits per heavy atom. The maximum atomic E-state index is 13.2. The first-order chi connectivity index (χ1) is 12.7. The van der Waals surface area contributed by atoms with Gasteiger partial charge in [0.1, 0.15) is 5.69 Å². The SMILES string of the molecule is C[C@H]1CCCN(C(=O)c2cn(-c3ccccc3)nc2-c2cccnc2)C1. The molecule has 1 saturated heterocycles. The molecule has 4 rings (SSSR count). The van der Waals surface area contributed by atoms with Gasteiger partial charge in [-0.25, -0.2) is 4.68 Å². The number of pyridine rings is 1. The lowest BCUT2D eigenvalue weighted by molar-refractivity contribution is 0.0684. The molecule has 0 N–H and O–H groups in total. The number of hydrogen-bond acceptors (Lipinski definition) is 3. The molecule has 1 amide bonds. The van der Waals surface area contributed by atoms with Crippen LogP contribution in [0.2, 0.25) is 0 Å². The predicted octanol–water partition coefficient (Wildman–Crippen LogP) is 3.81. The van der Waals surface area contributed by atoms with E-state index in [0.717, 1.165) is 30.8 Å². The van der Waals surface area contributed by atoms with Crippen LogP contribution in [0, 0.1) is 5.92 Å². The van der Waals surface area contributed by atoms with Crippen molar-refractivity contribution >= 4 is 5.91 Å². The van der Waals surface area contributed by atoms with Crippen LogP contribution in [0.5, 0.6) is 0 Å². The topological polar surface area (TPSA) is 51.0 Å². The molecular formula is C21H22N4O. The summed E-state index contributed by atoms with van der Waals surface area (Å²) in [5, 5.41) is 4.71. The molecule has 0 aliphatic carbocycles.